The number of nitrogens with two attached hydrogens (primary N) is 2. The van der Waals surface area contributed by atoms with Gasteiger partial charge in [-0.05, 0) is 37.6 Å². The van der Waals surface area contributed by atoms with Gasteiger partial charge in [-0.25, -0.2) is 0 Å². The van der Waals surface area contributed by atoms with Crippen LogP contribution in [0, 0.1) is 5.41 Å². The highest BCUT2D eigenvalue weighted by Gasteiger charge is 2.36. The minimum absolute atomic E-state index is 0.128. The van der Waals surface area contributed by atoms with Crippen LogP contribution in [0.3, 0.4) is 0 Å². The first-order chi connectivity index (χ1) is 9.55. The lowest BCUT2D eigenvalue weighted by Crippen LogP contribution is -2.50. The van der Waals surface area contributed by atoms with Gasteiger partial charge < -0.3 is 16.2 Å². The molecular weight excluding hydrogens is 254 g/mol. The fraction of sp³-hybridized carbons (Fsp3) is 0.933. The van der Waals surface area contributed by atoms with Gasteiger partial charge in [0.1, 0.15) is 0 Å². The molecular formula is C15H31N3O2. The molecule has 0 aromatic carbocycles. The number of unbranched alkanes of at least 4 members (excludes halogenated alkanes) is 1. The Morgan fingerprint density at radius 2 is 1.85 bits per heavy atom. The van der Waals surface area contributed by atoms with Crippen LogP contribution in [-0.2, 0) is 9.53 Å². The second kappa shape index (κ2) is 8.60. The molecule has 0 bridgehead atoms. The Morgan fingerprint density at radius 1 is 1.25 bits per heavy atom. The van der Waals surface area contributed by atoms with E-state index in [1.54, 1.807) is 0 Å². The summed E-state index contributed by atoms with van der Waals surface area (Å²) in [4.78, 5) is 13.9. The number of carbonyl (C=O) groups is 1. The number of nitrogens with zero attached hydrogens (tertiary/aromatic N) is 1. The fourth-order valence-electron chi connectivity index (χ4n) is 3.14. The first-order valence-electron chi connectivity index (χ1n) is 7.90. The summed E-state index contributed by atoms with van der Waals surface area (Å²) in [6.45, 7) is 9.09. The topological polar surface area (TPSA) is 81.6 Å². The standard InChI is InChI=1S/C15H31N3O2/c1-3-15(4-2,13(16)14(17)19)7-5-6-8-18-9-11-20-12-10-18/h13H,3-12,16H2,1-2H3,(H2,17,19). The third-order valence-corrected chi connectivity index (χ3v) is 4.88. The third-order valence-electron chi connectivity index (χ3n) is 4.88. The van der Waals surface area contributed by atoms with Gasteiger partial charge in [-0.1, -0.05) is 20.3 Å². The summed E-state index contributed by atoms with van der Waals surface area (Å²) >= 11 is 0. The maximum atomic E-state index is 11.4. The van der Waals surface area contributed by atoms with E-state index < -0.39 is 6.04 Å². The van der Waals surface area contributed by atoms with E-state index in [2.05, 4.69) is 18.7 Å². The number of primary amides is 1. The van der Waals surface area contributed by atoms with Crippen LogP contribution < -0.4 is 11.5 Å². The lowest BCUT2D eigenvalue weighted by atomic mass is 9.72. The second-order valence-corrected chi connectivity index (χ2v) is 5.86. The highest BCUT2D eigenvalue weighted by atomic mass is 16.5. The highest BCUT2D eigenvalue weighted by Crippen LogP contribution is 2.35. The van der Waals surface area contributed by atoms with Gasteiger partial charge in [0, 0.05) is 13.1 Å². The summed E-state index contributed by atoms with van der Waals surface area (Å²) in [7, 11) is 0. The van der Waals surface area contributed by atoms with Crippen LogP contribution in [0.2, 0.25) is 0 Å². The van der Waals surface area contributed by atoms with Gasteiger partial charge in [0.2, 0.25) is 5.91 Å². The van der Waals surface area contributed by atoms with E-state index >= 15 is 0 Å². The van der Waals surface area contributed by atoms with E-state index in [0.717, 1.165) is 65.0 Å². The molecule has 1 amide bonds. The molecule has 0 aromatic rings. The summed E-state index contributed by atoms with van der Waals surface area (Å²) in [6.07, 6.45) is 5.04. The van der Waals surface area contributed by atoms with E-state index in [1.807, 2.05) is 0 Å². The smallest absolute Gasteiger partial charge is 0.234 e. The van der Waals surface area contributed by atoms with Crippen LogP contribution in [0.15, 0.2) is 0 Å². The molecule has 1 saturated heterocycles. The number of rotatable bonds is 9. The van der Waals surface area contributed by atoms with Gasteiger partial charge in [0.05, 0.1) is 19.3 Å². The fourth-order valence-corrected chi connectivity index (χ4v) is 3.14. The molecule has 1 fully saturated rings. The van der Waals surface area contributed by atoms with Crippen LogP contribution in [0.4, 0.5) is 0 Å². The van der Waals surface area contributed by atoms with Crippen molar-refractivity contribution in [2.24, 2.45) is 16.9 Å². The Morgan fingerprint density at radius 3 is 2.35 bits per heavy atom. The van der Waals surface area contributed by atoms with Gasteiger partial charge in [0.25, 0.3) is 0 Å². The van der Waals surface area contributed by atoms with Gasteiger partial charge in [-0.15, -0.1) is 0 Å². The number of hydrogen-bond donors (Lipinski definition) is 2. The number of carbonyl (C=O) groups excluding carboxylic acids is 1. The molecule has 0 radical (unpaired) electrons. The van der Waals surface area contributed by atoms with Crippen LogP contribution in [0.5, 0.6) is 0 Å². The minimum Gasteiger partial charge on any atom is -0.379 e. The Hall–Kier alpha value is -0.650. The molecule has 1 heterocycles. The monoisotopic (exact) mass is 285 g/mol. The Labute approximate surface area is 123 Å². The number of hydrogen-bond acceptors (Lipinski definition) is 4. The quantitative estimate of drug-likeness (QED) is 0.622. The summed E-state index contributed by atoms with van der Waals surface area (Å²) < 4.78 is 5.34. The molecule has 1 unspecified atom stereocenters. The van der Waals surface area contributed by atoms with E-state index in [0.29, 0.717) is 0 Å². The van der Waals surface area contributed by atoms with Crippen molar-refractivity contribution in [1.29, 1.82) is 0 Å². The van der Waals surface area contributed by atoms with Gasteiger partial charge in [-0.2, -0.15) is 0 Å². The van der Waals surface area contributed by atoms with E-state index in [4.69, 9.17) is 16.2 Å². The first-order valence-corrected chi connectivity index (χ1v) is 7.90. The summed E-state index contributed by atoms with van der Waals surface area (Å²) in [5.74, 6) is -0.373. The predicted octanol–water partition coefficient (Wildman–Crippen LogP) is 1.11. The lowest BCUT2D eigenvalue weighted by molar-refractivity contribution is -0.122. The first kappa shape index (κ1) is 17.4. The maximum Gasteiger partial charge on any atom is 0.234 e. The largest absolute Gasteiger partial charge is 0.379 e. The van der Waals surface area contributed by atoms with Crippen LogP contribution in [0.1, 0.15) is 46.0 Å². The summed E-state index contributed by atoms with van der Waals surface area (Å²) in [5.41, 5.74) is 11.3. The van der Waals surface area contributed by atoms with Crippen molar-refractivity contribution in [3.8, 4) is 0 Å². The number of morpholine rings is 1. The van der Waals surface area contributed by atoms with Crippen molar-refractivity contribution in [2.45, 2.75) is 52.0 Å². The van der Waals surface area contributed by atoms with Crippen molar-refractivity contribution in [2.75, 3.05) is 32.8 Å². The molecule has 0 aliphatic carbocycles. The predicted molar refractivity (Wildman–Crippen MR) is 81.3 cm³/mol. The van der Waals surface area contributed by atoms with Crippen LogP contribution in [0.25, 0.3) is 0 Å². The van der Waals surface area contributed by atoms with Gasteiger partial charge >= 0.3 is 0 Å². The molecule has 5 heteroatoms. The Kier molecular flexibility index (Phi) is 7.48. The number of ether oxygens (including phenoxy) is 1. The zero-order chi connectivity index (χ0) is 15.0. The molecule has 1 aliphatic heterocycles. The summed E-state index contributed by atoms with van der Waals surface area (Å²) in [5, 5.41) is 0. The number of amides is 1. The molecule has 0 spiro atoms. The molecule has 1 rings (SSSR count). The SMILES string of the molecule is CCC(CC)(CCCCN1CCOCC1)C(N)C(N)=O. The molecule has 1 atom stereocenters. The molecule has 118 valence electrons. The summed E-state index contributed by atoms with van der Waals surface area (Å²) in [6, 6.07) is -0.527. The van der Waals surface area contributed by atoms with Crippen molar-refractivity contribution in [3.05, 3.63) is 0 Å². The molecule has 1 aliphatic rings. The van der Waals surface area contributed by atoms with E-state index in [1.165, 1.54) is 0 Å². The van der Waals surface area contributed by atoms with Crippen molar-refractivity contribution in [3.63, 3.8) is 0 Å². The molecule has 4 N–H and O–H groups in total. The lowest BCUT2D eigenvalue weighted by Gasteiger charge is -2.36. The van der Waals surface area contributed by atoms with Gasteiger partial charge in [-0.3, -0.25) is 9.69 Å². The molecule has 0 saturated carbocycles. The molecule has 5 nitrogen and oxygen atoms in total. The highest BCUT2D eigenvalue weighted by molar-refractivity contribution is 5.80. The molecule has 20 heavy (non-hydrogen) atoms. The zero-order valence-corrected chi connectivity index (χ0v) is 13.1. The Bertz CT molecular complexity index is 287. The second-order valence-electron chi connectivity index (χ2n) is 5.86. The van der Waals surface area contributed by atoms with Crippen molar-refractivity contribution < 1.29 is 9.53 Å². The van der Waals surface area contributed by atoms with E-state index in [-0.39, 0.29) is 11.3 Å². The van der Waals surface area contributed by atoms with E-state index in [9.17, 15) is 4.79 Å². The van der Waals surface area contributed by atoms with Crippen molar-refractivity contribution in [1.82, 2.24) is 4.90 Å². The average Bonchev–Trinajstić information content (AvgIpc) is 2.48. The maximum absolute atomic E-state index is 11.4. The minimum atomic E-state index is -0.527. The van der Waals surface area contributed by atoms with Crippen molar-refractivity contribution >= 4 is 5.91 Å². The molecule has 0 aromatic heterocycles. The van der Waals surface area contributed by atoms with Crippen LogP contribution >= 0.6 is 0 Å². The Balaban J connectivity index is 2.36. The van der Waals surface area contributed by atoms with Crippen LogP contribution in [-0.4, -0.2) is 49.7 Å². The normalized spacial score (nSPS) is 18.9. The third kappa shape index (κ3) is 4.72. The zero-order valence-electron chi connectivity index (χ0n) is 13.1. The van der Waals surface area contributed by atoms with Gasteiger partial charge in [0.15, 0.2) is 0 Å². The average molecular weight is 285 g/mol.